The van der Waals surface area contributed by atoms with Crippen molar-refractivity contribution in [3.05, 3.63) is 82.9 Å². The molecule has 162 valence electrons. The van der Waals surface area contributed by atoms with Gasteiger partial charge < -0.3 is 9.84 Å². The zero-order valence-corrected chi connectivity index (χ0v) is 18.0. The van der Waals surface area contributed by atoms with Crippen LogP contribution in [0.15, 0.2) is 60.7 Å². The van der Waals surface area contributed by atoms with Crippen LogP contribution in [0.3, 0.4) is 0 Å². The fourth-order valence-corrected chi connectivity index (χ4v) is 4.51. The molecule has 0 amide bonds. The number of allylic oxidation sites excluding steroid dienone is 1. The number of aliphatic hydroxyl groups excluding tert-OH is 1. The predicted octanol–water partition coefficient (Wildman–Crippen LogP) is 4.27. The Morgan fingerprint density at radius 2 is 1.87 bits per heavy atom. The normalized spacial score (nSPS) is 16.6. The molecule has 1 N–H and O–H groups in total. The Morgan fingerprint density at radius 1 is 1.10 bits per heavy atom. The van der Waals surface area contributed by atoms with Gasteiger partial charge in [-0.15, -0.1) is 0 Å². The molecule has 2 aromatic carbocycles. The van der Waals surface area contributed by atoms with Crippen LogP contribution in [0.1, 0.15) is 41.5 Å². The van der Waals surface area contributed by atoms with E-state index in [1.54, 1.807) is 6.08 Å². The number of aliphatic hydroxyl groups is 1. The fourth-order valence-electron chi connectivity index (χ4n) is 4.51. The summed E-state index contributed by atoms with van der Waals surface area (Å²) in [4.78, 5) is 13.9. The van der Waals surface area contributed by atoms with E-state index in [1.807, 2.05) is 12.1 Å². The maximum atomic E-state index is 11.3. The van der Waals surface area contributed by atoms with Crippen molar-refractivity contribution in [2.24, 2.45) is 0 Å². The van der Waals surface area contributed by atoms with Crippen LogP contribution >= 0.6 is 0 Å². The van der Waals surface area contributed by atoms with Gasteiger partial charge in [-0.1, -0.05) is 60.7 Å². The number of nitrogens with zero attached hydrogens (tertiary/aromatic N) is 1. The van der Waals surface area contributed by atoms with E-state index in [0.717, 1.165) is 57.6 Å². The highest BCUT2D eigenvalue weighted by Crippen LogP contribution is 2.30. The average molecular weight is 418 g/mol. The van der Waals surface area contributed by atoms with Gasteiger partial charge in [-0.3, -0.25) is 9.69 Å². The number of ketones is 1. The molecule has 4 heteroatoms. The monoisotopic (exact) mass is 417 g/mol. The second-order valence-corrected chi connectivity index (χ2v) is 8.35. The standard InChI is InChI=1S/C27H31NO3/c29-20-26(30)12-9-21-5-7-22(8-6-21)19-28(25-14-17-31-18-15-25)16-13-24-11-10-23-3-1-2-4-27(23)24/h1-9,11-12,25,29H,10,13-20H2/b12-9+. The first-order valence-electron chi connectivity index (χ1n) is 11.2. The zero-order chi connectivity index (χ0) is 21.5. The van der Waals surface area contributed by atoms with E-state index in [2.05, 4.69) is 47.4 Å². The van der Waals surface area contributed by atoms with Crippen LogP contribution in [0.25, 0.3) is 11.6 Å². The van der Waals surface area contributed by atoms with Gasteiger partial charge in [0.15, 0.2) is 5.78 Å². The fraction of sp³-hybridized carbons (Fsp3) is 0.370. The number of hydrogen-bond acceptors (Lipinski definition) is 4. The van der Waals surface area contributed by atoms with Gasteiger partial charge in [0, 0.05) is 32.3 Å². The van der Waals surface area contributed by atoms with Gasteiger partial charge in [-0.25, -0.2) is 0 Å². The summed E-state index contributed by atoms with van der Waals surface area (Å²) in [6.07, 6.45) is 9.86. The Bertz CT molecular complexity index is 939. The molecule has 0 saturated carbocycles. The first-order valence-corrected chi connectivity index (χ1v) is 11.2. The van der Waals surface area contributed by atoms with E-state index in [4.69, 9.17) is 9.84 Å². The van der Waals surface area contributed by atoms with Crippen molar-refractivity contribution in [1.82, 2.24) is 4.90 Å². The van der Waals surface area contributed by atoms with E-state index >= 15 is 0 Å². The summed E-state index contributed by atoms with van der Waals surface area (Å²) in [6, 6.07) is 17.6. The summed E-state index contributed by atoms with van der Waals surface area (Å²) in [7, 11) is 0. The molecule has 2 aliphatic rings. The van der Waals surface area contributed by atoms with E-state index in [-0.39, 0.29) is 5.78 Å². The van der Waals surface area contributed by atoms with Crippen molar-refractivity contribution in [2.45, 2.75) is 38.3 Å². The molecular formula is C27H31NO3. The Balaban J connectivity index is 1.42. The number of hydrogen-bond donors (Lipinski definition) is 1. The summed E-state index contributed by atoms with van der Waals surface area (Å²) < 4.78 is 5.60. The third-order valence-electron chi connectivity index (χ3n) is 6.29. The molecule has 1 aliphatic carbocycles. The van der Waals surface area contributed by atoms with Gasteiger partial charge in [0.05, 0.1) is 0 Å². The van der Waals surface area contributed by atoms with E-state index < -0.39 is 6.61 Å². The lowest BCUT2D eigenvalue weighted by Crippen LogP contribution is -2.39. The van der Waals surface area contributed by atoms with Crippen molar-refractivity contribution < 1.29 is 14.6 Å². The Hall–Kier alpha value is -2.53. The van der Waals surface area contributed by atoms with Crippen LogP contribution in [0.2, 0.25) is 0 Å². The lowest BCUT2D eigenvalue weighted by molar-refractivity contribution is -0.117. The molecule has 0 radical (unpaired) electrons. The largest absolute Gasteiger partial charge is 0.388 e. The van der Waals surface area contributed by atoms with Gasteiger partial charge in [0.25, 0.3) is 0 Å². The van der Waals surface area contributed by atoms with E-state index in [1.165, 1.54) is 28.3 Å². The predicted molar refractivity (Wildman–Crippen MR) is 125 cm³/mol. The topological polar surface area (TPSA) is 49.8 Å². The molecule has 4 rings (SSSR count). The van der Waals surface area contributed by atoms with Gasteiger partial charge in [0.1, 0.15) is 6.61 Å². The first kappa shape index (κ1) is 21.7. The molecule has 0 bridgehead atoms. The van der Waals surface area contributed by atoms with Gasteiger partial charge in [-0.05, 0) is 59.6 Å². The molecule has 1 saturated heterocycles. The molecule has 1 aliphatic heterocycles. The molecule has 1 fully saturated rings. The van der Waals surface area contributed by atoms with Crippen LogP contribution in [0.5, 0.6) is 0 Å². The molecule has 0 unspecified atom stereocenters. The second-order valence-electron chi connectivity index (χ2n) is 8.35. The zero-order valence-electron chi connectivity index (χ0n) is 18.0. The molecule has 1 heterocycles. The van der Waals surface area contributed by atoms with Gasteiger partial charge in [-0.2, -0.15) is 0 Å². The highest BCUT2D eigenvalue weighted by Gasteiger charge is 2.23. The summed E-state index contributed by atoms with van der Waals surface area (Å²) in [6.45, 7) is 3.19. The highest BCUT2D eigenvalue weighted by atomic mass is 16.5. The molecular weight excluding hydrogens is 386 g/mol. The number of rotatable bonds is 9. The van der Waals surface area contributed by atoms with E-state index in [0.29, 0.717) is 6.04 Å². The molecule has 4 nitrogen and oxygen atoms in total. The SMILES string of the molecule is O=C(/C=C/c1ccc(CN(CCC2=CCc3ccccc32)C2CCOCC2)cc1)CO. The summed E-state index contributed by atoms with van der Waals surface area (Å²) in [5.41, 5.74) is 6.58. The Morgan fingerprint density at radius 3 is 2.65 bits per heavy atom. The Labute approximate surface area is 184 Å². The average Bonchev–Trinajstić information content (AvgIpc) is 3.24. The third-order valence-corrected chi connectivity index (χ3v) is 6.29. The van der Waals surface area contributed by atoms with Crippen molar-refractivity contribution >= 4 is 17.4 Å². The third kappa shape index (κ3) is 5.79. The minimum absolute atomic E-state index is 0.280. The van der Waals surface area contributed by atoms with Crippen LogP contribution in [0, 0.1) is 0 Å². The molecule has 0 atom stereocenters. The number of benzene rings is 2. The number of fused-ring (bicyclic) bond motifs is 1. The molecule has 0 spiro atoms. The number of carbonyl (C=O) groups is 1. The Kier molecular flexibility index (Phi) is 7.47. The van der Waals surface area contributed by atoms with Crippen LogP contribution in [0.4, 0.5) is 0 Å². The minimum atomic E-state index is -0.449. The molecule has 0 aromatic heterocycles. The van der Waals surface area contributed by atoms with Crippen LogP contribution in [-0.2, 0) is 22.5 Å². The van der Waals surface area contributed by atoms with Crippen molar-refractivity contribution in [1.29, 1.82) is 0 Å². The lowest BCUT2D eigenvalue weighted by atomic mass is 10.0. The molecule has 31 heavy (non-hydrogen) atoms. The molecule has 2 aromatic rings. The minimum Gasteiger partial charge on any atom is -0.388 e. The van der Waals surface area contributed by atoms with Gasteiger partial charge >= 0.3 is 0 Å². The van der Waals surface area contributed by atoms with E-state index in [9.17, 15) is 4.79 Å². The van der Waals surface area contributed by atoms with Crippen LogP contribution in [-0.4, -0.2) is 48.2 Å². The summed E-state index contributed by atoms with van der Waals surface area (Å²) in [5.74, 6) is -0.280. The first-order chi connectivity index (χ1) is 15.2. The quantitative estimate of drug-likeness (QED) is 0.619. The number of ether oxygens (including phenoxy) is 1. The van der Waals surface area contributed by atoms with Crippen molar-refractivity contribution in [2.75, 3.05) is 26.4 Å². The lowest BCUT2D eigenvalue weighted by Gasteiger charge is -2.34. The smallest absolute Gasteiger partial charge is 0.181 e. The van der Waals surface area contributed by atoms with Crippen molar-refractivity contribution in [3.8, 4) is 0 Å². The maximum absolute atomic E-state index is 11.3. The van der Waals surface area contributed by atoms with Crippen LogP contribution < -0.4 is 0 Å². The summed E-state index contributed by atoms with van der Waals surface area (Å²) >= 11 is 0. The van der Waals surface area contributed by atoms with Gasteiger partial charge in [0.2, 0.25) is 0 Å². The second kappa shape index (κ2) is 10.7. The highest BCUT2D eigenvalue weighted by molar-refractivity contribution is 5.94. The van der Waals surface area contributed by atoms with Crippen molar-refractivity contribution in [3.63, 3.8) is 0 Å². The number of carbonyl (C=O) groups excluding carboxylic acids is 1. The summed E-state index contributed by atoms with van der Waals surface area (Å²) in [5, 5.41) is 8.84. The maximum Gasteiger partial charge on any atom is 0.181 e.